The molecule has 0 spiro atoms. The number of aliphatic hydroxyl groups is 1. The number of amides is 1. The van der Waals surface area contributed by atoms with Crippen molar-refractivity contribution < 1.29 is 28.9 Å². The van der Waals surface area contributed by atoms with Gasteiger partial charge in [0.2, 0.25) is 0 Å². The molecule has 1 aliphatic heterocycles. The number of Topliss-reactive ketones (excluding diaryl/α,β-unsaturated/α-hetero) is 1. The van der Waals surface area contributed by atoms with Gasteiger partial charge in [0.25, 0.3) is 11.7 Å². The van der Waals surface area contributed by atoms with Gasteiger partial charge in [0.15, 0.2) is 11.5 Å². The van der Waals surface area contributed by atoms with Gasteiger partial charge >= 0.3 is 0 Å². The zero-order valence-corrected chi connectivity index (χ0v) is 21.2. The summed E-state index contributed by atoms with van der Waals surface area (Å²) in [5.41, 5.74) is 1.12. The van der Waals surface area contributed by atoms with E-state index in [4.69, 9.17) is 14.2 Å². The van der Waals surface area contributed by atoms with Gasteiger partial charge in [-0.25, -0.2) is 0 Å². The van der Waals surface area contributed by atoms with Gasteiger partial charge in [-0.15, -0.1) is 0 Å². The third-order valence-electron chi connectivity index (χ3n) is 5.77. The number of ether oxygens (including phenoxy) is 3. The molecule has 1 unspecified atom stereocenters. The van der Waals surface area contributed by atoms with Gasteiger partial charge in [-0.05, 0) is 82.9 Å². The van der Waals surface area contributed by atoms with Gasteiger partial charge in [0.1, 0.15) is 11.5 Å². The zero-order valence-electron chi connectivity index (χ0n) is 21.2. The Bertz CT molecular complexity index is 1090. The smallest absolute Gasteiger partial charge is 0.295 e. The molecule has 1 N–H and O–H groups in total. The Morgan fingerprint density at radius 3 is 2.26 bits per heavy atom. The number of likely N-dealkylation sites (tertiary alicyclic amines) is 1. The highest BCUT2D eigenvalue weighted by molar-refractivity contribution is 6.46. The molecule has 0 saturated carbocycles. The fourth-order valence-corrected chi connectivity index (χ4v) is 4.16. The topological polar surface area (TPSA) is 88.5 Å². The SMILES string of the molecule is COc1ccc(C2/C(=C(/O)c3ccc(OC(C)C)cc3)C(=O)C(=O)N2CCCN(C)C)cc1OC. The van der Waals surface area contributed by atoms with Gasteiger partial charge in [0.05, 0.1) is 31.9 Å². The first-order valence-corrected chi connectivity index (χ1v) is 11.6. The summed E-state index contributed by atoms with van der Waals surface area (Å²) in [6, 6.07) is 11.3. The molecule has 0 radical (unpaired) electrons. The fourth-order valence-electron chi connectivity index (χ4n) is 4.16. The minimum Gasteiger partial charge on any atom is -0.507 e. The maximum atomic E-state index is 13.2. The van der Waals surface area contributed by atoms with Crippen molar-refractivity contribution in [3.05, 3.63) is 59.2 Å². The lowest BCUT2D eigenvalue weighted by molar-refractivity contribution is -0.139. The highest BCUT2D eigenvalue weighted by atomic mass is 16.5. The van der Waals surface area contributed by atoms with Crippen LogP contribution < -0.4 is 14.2 Å². The summed E-state index contributed by atoms with van der Waals surface area (Å²) in [6.07, 6.45) is 0.678. The molecule has 35 heavy (non-hydrogen) atoms. The van der Waals surface area contributed by atoms with Crippen molar-refractivity contribution in [3.8, 4) is 17.2 Å². The maximum Gasteiger partial charge on any atom is 0.295 e. The van der Waals surface area contributed by atoms with Crippen molar-refractivity contribution in [2.75, 3.05) is 41.4 Å². The Morgan fingerprint density at radius 2 is 1.69 bits per heavy atom. The summed E-state index contributed by atoms with van der Waals surface area (Å²) >= 11 is 0. The molecule has 1 fully saturated rings. The lowest BCUT2D eigenvalue weighted by atomic mass is 9.95. The van der Waals surface area contributed by atoms with E-state index in [-0.39, 0.29) is 17.4 Å². The van der Waals surface area contributed by atoms with Crippen LogP contribution in [0.15, 0.2) is 48.0 Å². The van der Waals surface area contributed by atoms with Crippen LogP contribution in [0.3, 0.4) is 0 Å². The van der Waals surface area contributed by atoms with E-state index < -0.39 is 17.7 Å². The predicted octanol–water partition coefficient (Wildman–Crippen LogP) is 3.86. The largest absolute Gasteiger partial charge is 0.507 e. The molecule has 188 valence electrons. The molecule has 0 aliphatic carbocycles. The molecule has 2 aromatic carbocycles. The Morgan fingerprint density at radius 1 is 1.03 bits per heavy atom. The van der Waals surface area contributed by atoms with Crippen molar-refractivity contribution in [2.45, 2.75) is 32.4 Å². The van der Waals surface area contributed by atoms with Gasteiger partial charge in [-0.2, -0.15) is 0 Å². The van der Waals surface area contributed by atoms with E-state index in [1.54, 1.807) is 42.5 Å². The van der Waals surface area contributed by atoms with E-state index in [1.165, 1.54) is 19.1 Å². The summed E-state index contributed by atoms with van der Waals surface area (Å²) in [5, 5.41) is 11.2. The van der Waals surface area contributed by atoms with Crippen molar-refractivity contribution in [1.82, 2.24) is 9.80 Å². The van der Waals surface area contributed by atoms with Crippen LogP contribution in [0, 0.1) is 0 Å². The quantitative estimate of drug-likeness (QED) is 0.312. The summed E-state index contributed by atoms with van der Waals surface area (Å²) < 4.78 is 16.5. The van der Waals surface area contributed by atoms with E-state index in [0.717, 1.165) is 6.54 Å². The van der Waals surface area contributed by atoms with Crippen LogP contribution in [0.25, 0.3) is 5.76 Å². The van der Waals surface area contributed by atoms with Crippen LogP contribution in [0.5, 0.6) is 17.2 Å². The van der Waals surface area contributed by atoms with E-state index in [2.05, 4.69) is 0 Å². The maximum absolute atomic E-state index is 13.2. The van der Waals surface area contributed by atoms with Crippen molar-refractivity contribution in [2.24, 2.45) is 0 Å². The lowest BCUT2D eigenvalue weighted by Crippen LogP contribution is -2.32. The Kier molecular flexibility index (Phi) is 8.40. The number of rotatable bonds is 10. The molecule has 3 rings (SSSR count). The number of nitrogens with zero attached hydrogens (tertiary/aromatic N) is 2. The first-order valence-electron chi connectivity index (χ1n) is 11.6. The first kappa shape index (κ1) is 26.1. The van der Waals surface area contributed by atoms with Crippen molar-refractivity contribution in [1.29, 1.82) is 0 Å². The van der Waals surface area contributed by atoms with E-state index >= 15 is 0 Å². The average molecular weight is 483 g/mol. The summed E-state index contributed by atoms with van der Waals surface area (Å²) in [5.74, 6) is 0.0755. The highest BCUT2D eigenvalue weighted by Gasteiger charge is 2.46. The van der Waals surface area contributed by atoms with Crippen LogP contribution in [0.2, 0.25) is 0 Å². The summed E-state index contributed by atoms with van der Waals surface area (Å²) in [7, 11) is 6.97. The lowest BCUT2D eigenvalue weighted by Gasteiger charge is -2.26. The predicted molar refractivity (Wildman–Crippen MR) is 134 cm³/mol. The molecule has 1 aliphatic rings. The Hall–Kier alpha value is -3.52. The normalized spacial score (nSPS) is 17.4. The number of ketones is 1. The number of hydrogen-bond acceptors (Lipinski definition) is 7. The first-order chi connectivity index (χ1) is 16.7. The molecule has 1 heterocycles. The number of methoxy groups -OCH3 is 2. The van der Waals surface area contributed by atoms with Crippen LogP contribution in [0.4, 0.5) is 0 Å². The van der Waals surface area contributed by atoms with Crippen LogP contribution in [-0.4, -0.2) is 74.1 Å². The molecule has 0 bridgehead atoms. The van der Waals surface area contributed by atoms with Crippen molar-refractivity contribution in [3.63, 3.8) is 0 Å². The molecule has 8 nitrogen and oxygen atoms in total. The van der Waals surface area contributed by atoms with E-state index in [1.807, 2.05) is 32.8 Å². The van der Waals surface area contributed by atoms with Crippen molar-refractivity contribution >= 4 is 17.4 Å². The Labute approximate surface area is 206 Å². The summed E-state index contributed by atoms with van der Waals surface area (Å²) in [4.78, 5) is 29.8. The number of benzene rings is 2. The van der Waals surface area contributed by atoms with Gasteiger partial charge in [-0.1, -0.05) is 6.07 Å². The molecule has 0 aromatic heterocycles. The van der Waals surface area contributed by atoms with E-state index in [9.17, 15) is 14.7 Å². The second-order valence-corrected chi connectivity index (χ2v) is 8.95. The molecular formula is C27H34N2O6. The third-order valence-corrected chi connectivity index (χ3v) is 5.77. The minimum absolute atomic E-state index is 0.00647. The number of carbonyl (C=O) groups excluding carboxylic acids is 2. The highest BCUT2D eigenvalue weighted by Crippen LogP contribution is 2.42. The minimum atomic E-state index is -0.761. The van der Waals surface area contributed by atoms with Gasteiger partial charge in [-0.3, -0.25) is 9.59 Å². The standard InChI is InChI=1S/C27H34N2O6/c1-17(2)35-20-11-8-18(9-12-20)25(30)23-24(19-10-13-21(33-5)22(16-19)34-6)29(27(32)26(23)31)15-7-14-28(3)4/h8-13,16-17,24,30H,7,14-15H2,1-6H3/b25-23-. The fraction of sp³-hybridized carbons (Fsp3) is 0.407. The molecule has 1 saturated heterocycles. The van der Waals surface area contributed by atoms with Crippen LogP contribution in [-0.2, 0) is 9.59 Å². The molecule has 2 aromatic rings. The molecular weight excluding hydrogens is 448 g/mol. The van der Waals surface area contributed by atoms with Crippen LogP contribution in [0.1, 0.15) is 37.4 Å². The molecule has 8 heteroatoms. The number of aliphatic hydroxyl groups excluding tert-OH is 1. The third kappa shape index (κ3) is 5.77. The van der Waals surface area contributed by atoms with Gasteiger partial charge < -0.3 is 29.1 Å². The Balaban J connectivity index is 2.09. The number of hydrogen-bond donors (Lipinski definition) is 1. The second-order valence-electron chi connectivity index (χ2n) is 8.95. The molecule has 1 amide bonds. The number of carbonyl (C=O) groups is 2. The summed E-state index contributed by atoms with van der Waals surface area (Å²) in [6.45, 7) is 4.96. The second kappa shape index (κ2) is 11.3. The molecule has 1 atom stereocenters. The van der Waals surface area contributed by atoms with Crippen LogP contribution >= 0.6 is 0 Å². The average Bonchev–Trinajstić information content (AvgIpc) is 3.08. The monoisotopic (exact) mass is 482 g/mol. The van der Waals surface area contributed by atoms with E-state index in [0.29, 0.717) is 41.3 Å². The van der Waals surface area contributed by atoms with Gasteiger partial charge in [0, 0.05) is 12.1 Å². The zero-order chi connectivity index (χ0) is 25.7.